The number of aromatic nitrogens is 1. The first-order chi connectivity index (χ1) is 11.1. The van der Waals surface area contributed by atoms with Gasteiger partial charge < -0.3 is 19.9 Å². The first-order valence-electron chi connectivity index (χ1n) is 6.67. The topological polar surface area (TPSA) is 104 Å². The highest BCUT2D eigenvalue weighted by atomic mass is 16.5. The van der Waals surface area contributed by atoms with Crippen molar-refractivity contribution in [3.05, 3.63) is 47.5 Å². The van der Waals surface area contributed by atoms with Crippen molar-refractivity contribution in [1.82, 2.24) is 4.98 Å². The van der Waals surface area contributed by atoms with E-state index >= 15 is 0 Å². The molecule has 2 aromatic rings. The van der Waals surface area contributed by atoms with Crippen molar-refractivity contribution in [3.63, 3.8) is 0 Å². The molecule has 0 aliphatic carbocycles. The lowest BCUT2D eigenvalue weighted by atomic mass is 10.1. The molecule has 0 saturated heterocycles. The molecule has 0 amide bonds. The molecule has 0 aliphatic heterocycles. The highest BCUT2D eigenvalue weighted by Gasteiger charge is 2.22. The van der Waals surface area contributed by atoms with Crippen LogP contribution >= 0.6 is 0 Å². The predicted octanol–water partition coefficient (Wildman–Crippen LogP) is 2.21. The first kappa shape index (κ1) is 16.1. The SMILES string of the molecule is COc1cc(C(Nc2ccc(C#N)cc2)C(=O)O)cc(OC)n1. The van der Waals surface area contributed by atoms with Crippen LogP contribution in [-0.2, 0) is 4.79 Å². The second kappa shape index (κ2) is 7.13. The Balaban J connectivity index is 2.34. The number of anilines is 1. The Morgan fingerprint density at radius 2 is 1.78 bits per heavy atom. The summed E-state index contributed by atoms with van der Waals surface area (Å²) in [5.41, 5.74) is 1.51. The van der Waals surface area contributed by atoms with E-state index < -0.39 is 12.0 Å². The maximum atomic E-state index is 11.6. The summed E-state index contributed by atoms with van der Waals surface area (Å²) in [6.07, 6.45) is 0. The molecule has 2 rings (SSSR count). The number of carboxylic acids is 1. The number of rotatable bonds is 6. The summed E-state index contributed by atoms with van der Waals surface area (Å²) in [6.45, 7) is 0. The Kier molecular flexibility index (Phi) is 5.00. The van der Waals surface area contributed by atoms with E-state index in [1.807, 2.05) is 6.07 Å². The Morgan fingerprint density at radius 3 is 2.22 bits per heavy atom. The first-order valence-corrected chi connectivity index (χ1v) is 6.67. The normalized spacial score (nSPS) is 11.2. The minimum Gasteiger partial charge on any atom is -0.481 e. The zero-order valence-corrected chi connectivity index (χ0v) is 12.6. The molecule has 0 radical (unpaired) electrons. The van der Waals surface area contributed by atoms with Crippen molar-refractivity contribution in [2.75, 3.05) is 19.5 Å². The van der Waals surface area contributed by atoms with Gasteiger partial charge >= 0.3 is 5.97 Å². The molecule has 23 heavy (non-hydrogen) atoms. The van der Waals surface area contributed by atoms with E-state index in [0.717, 1.165) is 0 Å². The van der Waals surface area contributed by atoms with Crippen molar-refractivity contribution in [1.29, 1.82) is 5.26 Å². The van der Waals surface area contributed by atoms with Gasteiger partial charge in [-0.15, -0.1) is 0 Å². The number of nitriles is 1. The molecule has 1 atom stereocenters. The summed E-state index contributed by atoms with van der Waals surface area (Å²) in [5.74, 6) is -0.552. The van der Waals surface area contributed by atoms with Crippen molar-refractivity contribution in [2.45, 2.75) is 6.04 Å². The largest absolute Gasteiger partial charge is 0.481 e. The van der Waals surface area contributed by atoms with Gasteiger partial charge in [0.05, 0.1) is 25.9 Å². The van der Waals surface area contributed by atoms with Gasteiger partial charge in [-0.1, -0.05) is 0 Å². The zero-order valence-electron chi connectivity index (χ0n) is 12.6. The van der Waals surface area contributed by atoms with Gasteiger partial charge in [0.1, 0.15) is 0 Å². The zero-order chi connectivity index (χ0) is 16.8. The monoisotopic (exact) mass is 313 g/mol. The number of benzene rings is 1. The van der Waals surface area contributed by atoms with Crippen LogP contribution in [-0.4, -0.2) is 30.3 Å². The number of carboxylic acid groups (broad SMARTS) is 1. The van der Waals surface area contributed by atoms with Crippen LogP contribution < -0.4 is 14.8 Å². The van der Waals surface area contributed by atoms with Gasteiger partial charge in [0.2, 0.25) is 11.8 Å². The van der Waals surface area contributed by atoms with Crippen molar-refractivity contribution < 1.29 is 19.4 Å². The summed E-state index contributed by atoms with van der Waals surface area (Å²) < 4.78 is 10.1. The maximum Gasteiger partial charge on any atom is 0.330 e. The average molecular weight is 313 g/mol. The van der Waals surface area contributed by atoms with Gasteiger partial charge in [-0.3, -0.25) is 0 Å². The van der Waals surface area contributed by atoms with E-state index in [1.54, 1.807) is 24.3 Å². The molecular formula is C16H15N3O4. The van der Waals surface area contributed by atoms with Gasteiger partial charge in [0.15, 0.2) is 6.04 Å². The fourth-order valence-electron chi connectivity index (χ4n) is 1.97. The number of carbonyl (C=O) groups is 1. The lowest BCUT2D eigenvalue weighted by Gasteiger charge is -2.17. The molecule has 2 N–H and O–H groups in total. The maximum absolute atomic E-state index is 11.6. The van der Waals surface area contributed by atoms with Crippen LogP contribution in [0.2, 0.25) is 0 Å². The van der Waals surface area contributed by atoms with E-state index in [1.165, 1.54) is 26.4 Å². The standard InChI is InChI=1S/C16H15N3O4/c1-22-13-7-11(8-14(19-13)23-2)15(16(20)21)18-12-5-3-10(9-17)4-6-12/h3-8,15,18H,1-2H3,(H,20,21). The van der Waals surface area contributed by atoms with Crippen LogP contribution in [0.4, 0.5) is 5.69 Å². The molecule has 0 spiro atoms. The molecule has 1 heterocycles. The minimum absolute atomic E-state index is 0.257. The van der Waals surface area contributed by atoms with Crippen molar-refractivity contribution in [3.8, 4) is 17.8 Å². The van der Waals surface area contributed by atoms with Crippen LogP contribution in [0.3, 0.4) is 0 Å². The number of aliphatic carboxylic acids is 1. The summed E-state index contributed by atoms with van der Waals surface area (Å²) in [7, 11) is 2.88. The summed E-state index contributed by atoms with van der Waals surface area (Å²) in [5, 5.41) is 21.2. The number of methoxy groups -OCH3 is 2. The number of nitrogens with one attached hydrogen (secondary N) is 1. The molecule has 7 nitrogen and oxygen atoms in total. The number of ether oxygens (including phenoxy) is 2. The van der Waals surface area contributed by atoms with Crippen molar-refractivity contribution in [2.24, 2.45) is 0 Å². The Hall–Kier alpha value is -3.27. The highest BCUT2D eigenvalue weighted by Crippen LogP contribution is 2.26. The fraction of sp³-hybridized carbons (Fsp3) is 0.188. The molecule has 0 bridgehead atoms. The molecular weight excluding hydrogens is 298 g/mol. The third-order valence-corrected chi connectivity index (χ3v) is 3.12. The van der Waals surface area contributed by atoms with Crippen LogP contribution in [0.25, 0.3) is 0 Å². The van der Waals surface area contributed by atoms with E-state index in [9.17, 15) is 9.90 Å². The fourth-order valence-corrected chi connectivity index (χ4v) is 1.97. The molecule has 1 aromatic carbocycles. The van der Waals surface area contributed by atoms with E-state index in [4.69, 9.17) is 14.7 Å². The third-order valence-electron chi connectivity index (χ3n) is 3.12. The third kappa shape index (κ3) is 3.89. The average Bonchev–Trinajstić information content (AvgIpc) is 2.59. The van der Waals surface area contributed by atoms with Gasteiger partial charge in [-0.2, -0.15) is 10.2 Å². The van der Waals surface area contributed by atoms with E-state index in [0.29, 0.717) is 16.8 Å². The number of nitrogens with zero attached hydrogens (tertiary/aromatic N) is 2. The molecule has 7 heteroatoms. The molecule has 0 saturated carbocycles. The molecule has 1 aromatic heterocycles. The van der Waals surface area contributed by atoms with Crippen LogP contribution in [0.15, 0.2) is 36.4 Å². The van der Waals surface area contributed by atoms with Crippen LogP contribution in [0.1, 0.15) is 17.2 Å². The number of pyridine rings is 1. The van der Waals surface area contributed by atoms with Crippen LogP contribution in [0.5, 0.6) is 11.8 Å². The second-order valence-electron chi connectivity index (χ2n) is 4.59. The summed E-state index contributed by atoms with van der Waals surface area (Å²) in [4.78, 5) is 15.7. The molecule has 1 unspecified atom stereocenters. The smallest absolute Gasteiger partial charge is 0.330 e. The molecule has 118 valence electrons. The quantitative estimate of drug-likeness (QED) is 0.842. The Labute approximate surface area is 133 Å². The van der Waals surface area contributed by atoms with Gasteiger partial charge in [-0.05, 0) is 29.8 Å². The number of hydrogen-bond donors (Lipinski definition) is 2. The number of hydrogen-bond acceptors (Lipinski definition) is 6. The molecule has 0 fully saturated rings. The van der Waals surface area contributed by atoms with Gasteiger partial charge in [0, 0.05) is 17.8 Å². The Morgan fingerprint density at radius 1 is 1.22 bits per heavy atom. The van der Waals surface area contributed by atoms with E-state index in [-0.39, 0.29) is 11.8 Å². The molecule has 0 aliphatic rings. The van der Waals surface area contributed by atoms with Crippen molar-refractivity contribution >= 4 is 11.7 Å². The highest BCUT2D eigenvalue weighted by molar-refractivity contribution is 5.79. The minimum atomic E-state index is -1.07. The van der Waals surface area contributed by atoms with Gasteiger partial charge in [-0.25, -0.2) is 4.79 Å². The Bertz CT molecular complexity index is 716. The second-order valence-corrected chi connectivity index (χ2v) is 4.59. The van der Waals surface area contributed by atoms with E-state index in [2.05, 4.69) is 10.3 Å². The van der Waals surface area contributed by atoms with Gasteiger partial charge in [0.25, 0.3) is 0 Å². The van der Waals surface area contributed by atoms with Crippen LogP contribution in [0, 0.1) is 11.3 Å². The summed E-state index contributed by atoms with van der Waals surface area (Å²) >= 11 is 0. The summed E-state index contributed by atoms with van der Waals surface area (Å²) in [6, 6.07) is 10.5. The lowest BCUT2D eigenvalue weighted by Crippen LogP contribution is -2.20. The lowest BCUT2D eigenvalue weighted by molar-refractivity contribution is -0.138. The predicted molar refractivity (Wildman–Crippen MR) is 82.5 cm³/mol.